The zero-order valence-corrected chi connectivity index (χ0v) is 11.1. The van der Waals surface area contributed by atoms with Crippen molar-refractivity contribution < 1.29 is 4.74 Å². The summed E-state index contributed by atoms with van der Waals surface area (Å²) in [5.41, 5.74) is 0. The molecule has 0 radical (unpaired) electrons. The van der Waals surface area contributed by atoms with E-state index >= 15 is 0 Å². The highest BCUT2D eigenvalue weighted by Gasteiger charge is 2.25. The summed E-state index contributed by atoms with van der Waals surface area (Å²) in [4.78, 5) is 1.36. The Kier molecular flexibility index (Phi) is 4.65. The highest BCUT2D eigenvalue weighted by Crippen LogP contribution is 2.26. The van der Waals surface area contributed by atoms with E-state index in [9.17, 15) is 0 Å². The molecule has 1 saturated heterocycles. The van der Waals surface area contributed by atoms with Crippen LogP contribution in [0.15, 0.2) is 12.1 Å². The predicted molar refractivity (Wildman–Crippen MR) is 69.4 cm³/mol. The summed E-state index contributed by atoms with van der Waals surface area (Å²) in [6.45, 7) is 4.95. The number of thiophene rings is 1. The SMILES string of the molecule is CCNC1CCOCC1Cc1ccc(Cl)s1. The average molecular weight is 260 g/mol. The molecule has 0 aromatic carbocycles. The monoisotopic (exact) mass is 259 g/mol. The van der Waals surface area contributed by atoms with Gasteiger partial charge in [-0.25, -0.2) is 0 Å². The number of hydrogen-bond donors (Lipinski definition) is 1. The first kappa shape index (κ1) is 12.4. The normalized spacial score (nSPS) is 25.9. The van der Waals surface area contributed by atoms with Crippen LogP contribution in [-0.4, -0.2) is 25.8 Å². The minimum absolute atomic E-state index is 0.586. The van der Waals surface area contributed by atoms with E-state index in [-0.39, 0.29) is 0 Å². The maximum absolute atomic E-state index is 5.95. The molecule has 2 heterocycles. The molecule has 0 saturated carbocycles. The molecule has 16 heavy (non-hydrogen) atoms. The summed E-state index contributed by atoms with van der Waals surface area (Å²) in [5.74, 6) is 0.586. The molecule has 1 aromatic heterocycles. The first-order valence-electron chi connectivity index (χ1n) is 5.85. The number of hydrogen-bond acceptors (Lipinski definition) is 3. The van der Waals surface area contributed by atoms with Crippen molar-refractivity contribution in [1.29, 1.82) is 0 Å². The smallest absolute Gasteiger partial charge is 0.0931 e. The fourth-order valence-electron chi connectivity index (χ4n) is 2.25. The van der Waals surface area contributed by atoms with Crippen LogP contribution in [0, 0.1) is 5.92 Å². The lowest BCUT2D eigenvalue weighted by atomic mass is 9.92. The van der Waals surface area contributed by atoms with Crippen LogP contribution in [0.25, 0.3) is 0 Å². The second-order valence-corrected chi connectivity index (χ2v) is 6.00. The fourth-order valence-corrected chi connectivity index (χ4v) is 3.43. The predicted octanol–water partition coefficient (Wildman–Crippen LogP) is 2.96. The minimum atomic E-state index is 0.586. The van der Waals surface area contributed by atoms with E-state index in [4.69, 9.17) is 16.3 Å². The van der Waals surface area contributed by atoms with Gasteiger partial charge in [-0.2, -0.15) is 0 Å². The van der Waals surface area contributed by atoms with Gasteiger partial charge in [0.25, 0.3) is 0 Å². The molecule has 1 aromatic rings. The Labute approximate surface area is 106 Å². The van der Waals surface area contributed by atoms with Crippen LogP contribution in [0.1, 0.15) is 18.2 Å². The van der Waals surface area contributed by atoms with Crippen molar-refractivity contribution in [3.05, 3.63) is 21.3 Å². The van der Waals surface area contributed by atoms with Crippen molar-refractivity contribution in [3.8, 4) is 0 Å². The zero-order chi connectivity index (χ0) is 11.4. The van der Waals surface area contributed by atoms with Crippen LogP contribution in [0.4, 0.5) is 0 Å². The molecule has 0 amide bonds. The third-order valence-electron chi connectivity index (χ3n) is 3.03. The topological polar surface area (TPSA) is 21.3 Å². The van der Waals surface area contributed by atoms with Crippen LogP contribution in [0.2, 0.25) is 4.34 Å². The van der Waals surface area contributed by atoms with E-state index in [0.717, 1.165) is 36.9 Å². The van der Waals surface area contributed by atoms with Crippen molar-refractivity contribution in [1.82, 2.24) is 5.32 Å². The minimum Gasteiger partial charge on any atom is -0.381 e. The van der Waals surface area contributed by atoms with Crippen LogP contribution in [0.3, 0.4) is 0 Å². The maximum atomic E-state index is 5.95. The van der Waals surface area contributed by atoms with E-state index in [1.807, 2.05) is 6.07 Å². The standard InChI is InChI=1S/C12H18ClNOS/c1-2-14-11-5-6-15-8-9(11)7-10-3-4-12(13)16-10/h3-4,9,11,14H,2,5-8H2,1H3. The van der Waals surface area contributed by atoms with E-state index in [2.05, 4.69) is 18.3 Å². The number of ether oxygens (including phenoxy) is 1. The molecule has 1 aliphatic heterocycles. The Hall–Kier alpha value is -0.0900. The lowest BCUT2D eigenvalue weighted by molar-refractivity contribution is 0.0330. The van der Waals surface area contributed by atoms with Crippen LogP contribution in [0.5, 0.6) is 0 Å². The van der Waals surface area contributed by atoms with Crippen LogP contribution < -0.4 is 5.32 Å². The van der Waals surface area contributed by atoms with Gasteiger partial charge in [0.1, 0.15) is 0 Å². The summed E-state index contributed by atoms with van der Waals surface area (Å²) in [6, 6.07) is 4.71. The molecule has 2 nitrogen and oxygen atoms in total. The number of nitrogens with one attached hydrogen (secondary N) is 1. The molecule has 1 N–H and O–H groups in total. The Morgan fingerprint density at radius 1 is 1.56 bits per heavy atom. The van der Waals surface area contributed by atoms with Gasteiger partial charge in [-0.15, -0.1) is 11.3 Å². The summed E-state index contributed by atoms with van der Waals surface area (Å²) in [5, 5.41) is 3.55. The van der Waals surface area contributed by atoms with Gasteiger partial charge in [0.2, 0.25) is 0 Å². The molecular weight excluding hydrogens is 242 g/mol. The lowest BCUT2D eigenvalue weighted by Gasteiger charge is -2.31. The van der Waals surface area contributed by atoms with Crippen molar-refractivity contribution in [3.63, 3.8) is 0 Å². The van der Waals surface area contributed by atoms with Gasteiger partial charge in [0, 0.05) is 23.4 Å². The molecule has 1 fully saturated rings. The van der Waals surface area contributed by atoms with Gasteiger partial charge < -0.3 is 10.1 Å². The molecule has 2 unspecified atom stereocenters. The van der Waals surface area contributed by atoms with E-state index in [0.29, 0.717) is 12.0 Å². The van der Waals surface area contributed by atoms with Gasteiger partial charge >= 0.3 is 0 Å². The quantitative estimate of drug-likeness (QED) is 0.898. The van der Waals surface area contributed by atoms with Gasteiger partial charge in [-0.1, -0.05) is 18.5 Å². The Morgan fingerprint density at radius 2 is 2.44 bits per heavy atom. The molecular formula is C12H18ClNOS. The molecule has 0 spiro atoms. The van der Waals surface area contributed by atoms with Gasteiger partial charge in [-0.05, 0) is 31.5 Å². The molecule has 2 atom stereocenters. The molecule has 1 aliphatic rings. The highest BCUT2D eigenvalue weighted by molar-refractivity contribution is 7.16. The zero-order valence-electron chi connectivity index (χ0n) is 9.54. The van der Waals surface area contributed by atoms with Gasteiger partial charge in [0.15, 0.2) is 0 Å². The third kappa shape index (κ3) is 3.20. The summed E-state index contributed by atoms with van der Waals surface area (Å²) in [7, 11) is 0. The second kappa shape index (κ2) is 6.01. The summed E-state index contributed by atoms with van der Waals surface area (Å²) >= 11 is 7.63. The summed E-state index contributed by atoms with van der Waals surface area (Å²) < 4.78 is 6.45. The van der Waals surface area contributed by atoms with E-state index in [1.54, 1.807) is 11.3 Å². The van der Waals surface area contributed by atoms with Gasteiger partial charge in [-0.3, -0.25) is 0 Å². The van der Waals surface area contributed by atoms with Crippen LogP contribution in [-0.2, 0) is 11.2 Å². The molecule has 0 aliphatic carbocycles. The van der Waals surface area contributed by atoms with Crippen molar-refractivity contribution in [2.75, 3.05) is 19.8 Å². The molecule has 0 bridgehead atoms. The van der Waals surface area contributed by atoms with Crippen molar-refractivity contribution >= 4 is 22.9 Å². The van der Waals surface area contributed by atoms with E-state index < -0.39 is 0 Å². The average Bonchev–Trinajstić information content (AvgIpc) is 2.67. The molecule has 4 heteroatoms. The molecule has 90 valence electrons. The molecule has 2 rings (SSSR count). The number of rotatable bonds is 4. The van der Waals surface area contributed by atoms with E-state index in [1.165, 1.54) is 4.88 Å². The fraction of sp³-hybridized carbons (Fsp3) is 0.667. The summed E-state index contributed by atoms with van der Waals surface area (Å²) in [6.07, 6.45) is 2.20. The van der Waals surface area contributed by atoms with Gasteiger partial charge in [0.05, 0.1) is 10.9 Å². The van der Waals surface area contributed by atoms with Crippen LogP contribution >= 0.6 is 22.9 Å². The van der Waals surface area contributed by atoms with Crippen molar-refractivity contribution in [2.24, 2.45) is 5.92 Å². The lowest BCUT2D eigenvalue weighted by Crippen LogP contribution is -2.43. The first-order valence-corrected chi connectivity index (χ1v) is 7.04. The Morgan fingerprint density at radius 3 is 3.12 bits per heavy atom. The maximum Gasteiger partial charge on any atom is 0.0931 e. The Bertz CT molecular complexity index is 327. The second-order valence-electron chi connectivity index (χ2n) is 4.20. The largest absolute Gasteiger partial charge is 0.381 e. The first-order chi connectivity index (χ1) is 7.79. The van der Waals surface area contributed by atoms with Crippen molar-refractivity contribution in [2.45, 2.75) is 25.8 Å². The Balaban J connectivity index is 1.95. The highest BCUT2D eigenvalue weighted by atomic mass is 35.5. The number of halogens is 1. The third-order valence-corrected chi connectivity index (χ3v) is 4.29.